The average molecular weight is 263 g/mol. The minimum Gasteiger partial charge on any atom is -0.504 e. The highest BCUT2D eigenvalue weighted by molar-refractivity contribution is 5.45. The summed E-state index contributed by atoms with van der Waals surface area (Å²) in [6.45, 7) is 3.13. The molecule has 0 radical (unpaired) electrons. The zero-order valence-electron chi connectivity index (χ0n) is 11.3. The maximum Gasteiger partial charge on any atom is 0.162 e. The number of nitrogens with one attached hydrogen (secondary N) is 1. The number of hydrogen-bond acceptors (Lipinski definition) is 4. The maximum atomic E-state index is 10.1. The van der Waals surface area contributed by atoms with Crippen LogP contribution in [0.4, 0.5) is 0 Å². The summed E-state index contributed by atoms with van der Waals surface area (Å²) >= 11 is 0. The molecular weight excluding hydrogens is 242 g/mol. The molecule has 0 aliphatic carbocycles. The van der Waals surface area contributed by atoms with E-state index in [0.29, 0.717) is 37.2 Å². The molecule has 4 heteroatoms. The Kier molecular flexibility index (Phi) is 3.62. The molecule has 3 rings (SSSR count). The standard InChI is InChI=1S/C15H21NO3/c1-2-18-14-5-3-4-10(15(14)17)9-16-12-8-11-6-7-13(12)19-11/h3-5,11-13,16-17H,2,6-9H2,1H3. The first-order valence-electron chi connectivity index (χ1n) is 7.10. The summed E-state index contributed by atoms with van der Waals surface area (Å²) in [4.78, 5) is 0. The van der Waals surface area contributed by atoms with Crippen molar-refractivity contribution in [2.75, 3.05) is 6.61 Å². The number of para-hydroxylation sites is 1. The number of rotatable bonds is 5. The molecule has 0 spiro atoms. The molecule has 3 atom stereocenters. The van der Waals surface area contributed by atoms with E-state index in [0.717, 1.165) is 18.4 Å². The first-order valence-corrected chi connectivity index (χ1v) is 7.10. The fraction of sp³-hybridized carbons (Fsp3) is 0.600. The molecule has 2 aliphatic heterocycles. The number of aromatic hydroxyl groups is 1. The summed E-state index contributed by atoms with van der Waals surface area (Å²) in [5.41, 5.74) is 0.883. The first kappa shape index (κ1) is 12.8. The largest absolute Gasteiger partial charge is 0.504 e. The lowest BCUT2D eigenvalue weighted by molar-refractivity contribution is 0.0972. The van der Waals surface area contributed by atoms with Gasteiger partial charge in [0.25, 0.3) is 0 Å². The zero-order valence-corrected chi connectivity index (χ0v) is 11.3. The van der Waals surface area contributed by atoms with Gasteiger partial charge in [-0.25, -0.2) is 0 Å². The second-order valence-electron chi connectivity index (χ2n) is 5.29. The highest BCUT2D eigenvalue weighted by atomic mass is 16.5. The molecule has 4 nitrogen and oxygen atoms in total. The zero-order chi connectivity index (χ0) is 13.2. The van der Waals surface area contributed by atoms with E-state index in [9.17, 15) is 5.11 Å². The van der Waals surface area contributed by atoms with Crippen molar-refractivity contribution in [1.29, 1.82) is 0 Å². The highest BCUT2D eigenvalue weighted by Crippen LogP contribution is 2.35. The van der Waals surface area contributed by atoms with Gasteiger partial charge in [0, 0.05) is 18.2 Å². The molecule has 0 saturated carbocycles. The van der Waals surface area contributed by atoms with E-state index >= 15 is 0 Å². The average Bonchev–Trinajstić information content (AvgIpc) is 3.02. The number of fused-ring (bicyclic) bond motifs is 2. The van der Waals surface area contributed by atoms with Crippen LogP contribution >= 0.6 is 0 Å². The third kappa shape index (κ3) is 2.55. The fourth-order valence-electron chi connectivity index (χ4n) is 3.08. The van der Waals surface area contributed by atoms with Crippen LogP contribution in [0.15, 0.2) is 18.2 Å². The van der Waals surface area contributed by atoms with Crippen molar-refractivity contribution in [3.05, 3.63) is 23.8 Å². The molecule has 0 aromatic heterocycles. The van der Waals surface area contributed by atoms with E-state index in [4.69, 9.17) is 9.47 Å². The lowest BCUT2D eigenvalue weighted by Gasteiger charge is -2.20. The first-order chi connectivity index (χ1) is 9.28. The van der Waals surface area contributed by atoms with Crippen molar-refractivity contribution in [2.45, 2.75) is 51.0 Å². The Balaban J connectivity index is 1.62. The van der Waals surface area contributed by atoms with Crippen LogP contribution < -0.4 is 10.1 Å². The molecule has 2 fully saturated rings. The van der Waals surface area contributed by atoms with Gasteiger partial charge in [-0.15, -0.1) is 0 Å². The van der Waals surface area contributed by atoms with Crippen LogP contribution in [0.25, 0.3) is 0 Å². The van der Waals surface area contributed by atoms with Gasteiger partial charge in [0.05, 0.1) is 18.8 Å². The molecule has 0 amide bonds. The smallest absolute Gasteiger partial charge is 0.162 e. The van der Waals surface area contributed by atoms with Crippen molar-refractivity contribution < 1.29 is 14.6 Å². The quantitative estimate of drug-likeness (QED) is 0.855. The van der Waals surface area contributed by atoms with E-state index in [1.807, 2.05) is 19.1 Å². The van der Waals surface area contributed by atoms with E-state index < -0.39 is 0 Å². The van der Waals surface area contributed by atoms with E-state index in [-0.39, 0.29) is 5.75 Å². The van der Waals surface area contributed by atoms with Gasteiger partial charge in [-0.05, 0) is 32.3 Å². The Morgan fingerprint density at radius 1 is 1.42 bits per heavy atom. The normalized spacial score (nSPS) is 28.8. The predicted octanol–water partition coefficient (Wildman–Crippen LogP) is 2.20. The van der Waals surface area contributed by atoms with Gasteiger partial charge in [-0.1, -0.05) is 12.1 Å². The summed E-state index contributed by atoms with van der Waals surface area (Å²) in [6.07, 6.45) is 4.27. The Hall–Kier alpha value is -1.26. The molecular formula is C15H21NO3. The number of phenolic OH excluding ortho intramolecular Hbond substituents is 1. The molecule has 2 bridgehead atoms. The summed E-state index contributed by atoms with van der Waals surface area (Å²) in [5.74, 6) is 0.812. The molecule has 2 aliphatic rings. The highest BCUT2D eigenvalue weighted by Gasteiger charge is 2.40. The second-order valence-corrected chi connectivity index (χ2v) is 5.29. The van der Waals surface area contributed by atoms with Gasteiger partial charge in [-0.2, -0.15) is 0 Å². The number of ether oxygens (including phenoxy) is 2. The van der Waals surface area contributed by atoms with Crippen LogP contribution in [0.5, 0.6) is 11.5 Å². The van der Waals surface area contributed by atoms with Crippen molar-refractivity contribution in [1.82, 2.24) is 5.32 Å². The fourth-order valence-corrected chi connectivity index (χ4v) is 3.08. The van der Waals surface area contributed by atoms with Crippen molar-refractivity contribution in [3.63, 3.8) is 0 Å². The van der Waals surface area contributed by atoms with Gasteiger partial charge in [0.1, 0.15) is 0 Å². The van der Waals surface area contributed by atoms with Crippen LogP contribution in [-0.2, 0) is 11.3 Å². The summed E-state index contributed by atoms with van der Waals surface area (Å²) < 4.78 is 11.2. The molecule has 1 aromatic carbocycles. The summed E-state index contributed by atoms with van der Waals surface area (Å²) in [7, 11) is 0. The molecule has 19 heavy (non-hydrogen) atoms. The molecule has 2 saturated heterocycles. The van der Waals surface area contributed by atoms with E-state index in [1.165, 1.54) is 6.42 Å². The lowest BCUT2D eigenvalue weighted by Crippen LogP contribution is -2.36. The second kappa shape index (κ2) is 5.39. The summed E-state index contributed by atoms with van der Waals surface area (Å²) in [5, 5.41) is 13.6. The van der Waals surface area contributed by atoms with E-state index in [2.05, 4.69) is 5.32 Å². The van der Waals surface area contributed by atoms with Crippen LogP contribution in [0, 0.1) is 0 Å². The minimum absolute atomic E-state index is 0.251. The Morgan fingerprint density at radius 2 is 2.32 bits per heavy atom. The molecule has 104 valence electrons. The minimum atomic E-state index is 0.251. The van der Waals surface area contributed by atoms with E-state index in [1.54, 1.807) is 6.07 Å². The number of phenols is 1. The Morgan fingerprint density at radius 3 is 3.00 bits per heavy atom. The molecule has 1 aromatic rings. The Bertz CT molecular complexity index is 449. The van der Waals surface area contributed by atoms with Crippen molar-refractivity contribution >= 4 is 0 Å². The van der Waals surface area contributed by atoms with Gasteiger partial charge in [0.15, 0.2) is 11.5 Å². The van der Waals surface area contributed by atoms with Crippen LogP contribution in [0.3, 0.4) is 0 Å². The monoisotopic (exact) mass is 263 g/mol. The van der Waals surface area contributed by atoms with Gasteiger partial charge in [-0.3, -0.25) is 0 Å². The lowest BCUT2D eigenvalue weighted by atomic mass is 9.95. The number of hydrogen-bond donors (Lipinski definition) is 2. The molecule has 3 unspecified atom stereocenters. The Labute approximate surface area is 113 Å². The van der Waals surface area contributed by atoms with Gasteiger partial charge >= 0.3 is 0 Å². The maximum absolute atomic E-state index is 10.1. The molecule has 2 N–H and O–H groups in total. The third-order valence-corrected chi connectivity index (χ3v) is 4.04. The predicted molar refractivity (Wildman–Crippen MR) is 72.4 cm³/mol. The topological polar surface area (TPSA) is 50.7 Å². The van der Waals surface area contributed by atoms with Crippen LogP contribution in [0.1, 0.15) is 31.7 Å². The van der Waals surface area contributed by atoms with Crippen molar-refractivity contribution in [3.8, 4) is 11.5 Å². The van der Waals surface area contributed by atoms with Crippen LogP contribution in [0.2, 0.25) is 0 Å². The van der Waals surface area contributed by atoms with Crippen molar-refractivity contribution in [2.24, 2.45) is 0 Å². The van der Waals surface area contributed by atoms with Gasteiger partial charge < -0.3 is 19.9 Å². The number of benzene rings is 1. The summed E-state index contributed by atoms with van der Waals surface area (Å²) in [6, 6.07) is 6.06. The molecule has 2 heterocycles. The third-order valence-electron chi connectivity index (χ3n) is 4.04. The van der Waals surface area contributed by atoms with Gasteiger partial charge in [0.2, 0.25) is 0 Å². The SMILES string of the molecule is CCOc1cccc(CNC2CC3CCC2O3)c1O. The van der Waals surface area contributed by atoms with Crippen LogP contribution in [-0.4, -0.2) is 30.0 Å².